The number of hydrogen-bond donors (Lipinski definition) is 0. The molecule has 1 spiro atoms. The zero-order valence-electron chi connectivity index (χ0n) is 15.2. The molecule has 0 N–H and O–H groups in total. The molecule has 0 unspecified atom stereocenters. The number of hydrogen-bond acceptors (Lipinski definition) is 4. The van der Waals surface area contributed by atoms with Crippen LogP contribution >= 0.6 is 0 Å². The molecule has 134 valence electrons. The van der Waals surface area contributed by atoms with E-state index in [1.165, 1.54) is 24.0 Å². The number of carbonyl (C=O) groups excluding carboxylic acids is 1. The van der Waals surface area contributed by atoms with E-state index in [-0.39, 0.29) is 29.5 Å². The average Bonchev–Trinajstić information content (AvgIpc) is 2.81. The van der Waals surface area contributed by atoms with Crippen LogP contribution in [-0.4, -0.2) is 25.3 Å². The van der Waals surface area contributed by atoms with Crippen molar-refractivity contribution in [3.63, 3.8) is 0 Å². The van der Waals surface area contributed by atoms with Crippen molar-refractivity contribution in [3.05, 3.63) is 35.4 Å². The van der Waals surface area contributed by atoms with Crippen molar-refractivity contribution in [1.82, 2.24) is 0 Å². The van der Waals surface area contributed by atoms with Crippen molar-refractivity contribution in [3.8, 4) is 11.5 Å². The minimum atomic E-state index is -0.211. The van der Waals surface area contributed by atoms with Crippen LogP contribution in [0.2, 0.25) is 0 Å². The Hall–Kier alpha value is -1.97. The van der Waals surface area contributed by atoms with Crippen LogP contribution in [0.15, 0.2) is 24.3 Å². The molecule has 0 bridgehead atoms. The standard InChI is InChI=1S/C21H26O4/c1-13(2)20(22)24-15-9-11-21-10-5-4-6-14-7-8-16(23-3)19(18(14)21)25-17(21)12-15/h7-9,11,13,15,17H,4-6,10,12H2,1-3H3/t15-,17-,21+/m0/s1. The summed E-state index contributed by atoms with van der Waals surface area (Å²) in [6.07, 6.45) is 9.36. The van der Waals surface area contributed by atoms with E-state index >= 15 is 0 Å². The first-order valence-electron chi connectivity index (χ1n) is 9.32. The summed E-state index contributed by atoms with van der Waals surface area (Å²) in [6, 6.07) is 4.21. The molecule has 0 saturated carbocycles. The molecule has 1 aliphatic heterocycles. The number of benzene rings is 1. The van der Waals surface area contributed by atoms with Gasteiger partial charge < -0.3 is 14.2 Å². The van der Waals surface area contributed by atoms with Crippen LogP contribution < -0.4 is 9.47 Å². The summed E-state index contributed by atoms with van der Waals surface area (Å²) in [4.78, 5) is 12.0. The topological polar surface area (TPSA) is 44.8 Å². The lowest BCUT2D eigenvalue weighted by Gasteiger charge is -2.36. The van der Waals surface area contributed by atoms with Crippen LogP contribution in [0.25, 0.3) is 0 Å². The molecule has 3 aliphatic rings. The highest BCUT2D eigenvalue weighted by Crippen LogP contribution is 2.56. The van der Waals surface area contributed by atoms with E-state index in [0.717, 1.165) is 24.3 Å². The molecular weight excluding hydrogens is 316 g/mol. The van der Waals surface area contributed by atoms with E-state index in [1.54, 1.807) is 7.11 Å². The number of esters is 1. The van der Waals surface area contributed by atoms with Gasteiger partial charge in [-0.15, -0.1) is 0 Å². The number of aryl methyl sites for hydroxylation is 1. The van der Waals surface area contributed by atoms with E-state index in [4.69, 9.17) is 14.2 Å². The lowest BCUT2D eigenvalue weighted by Crippen LogP contribution is -2.43. The van der Waals surface area contributed by atoms with Crippen molar-refractivity contribution < 1.29 is 19.0 Å². The molecule has 2 aliphatic carbocycles. The second-order valence-electron chi connectivity index (χ2n) is 7.71. The smallest absolute Gasteiger partial charge is 0.308 e. The summed E-state index contributed by atoms with van der Waals surface area (Å²) in [5.74, 6) is 1.43. The van der Waals surface area contributed by atoms with Crippen LogP contribution in [0.4, 0.5) is 0 Å². The summed E-state index contributed by atoms with van der Waals surface area (Å²) < 4.78 is 17.6. The highest BCUT2D eigenvalue weighted by Gasteiger charge is 2.52. The maximum atomic E-state index is 12.0. The Morgan fingerprint density at radius 1 is 1.32 bits per heavy atom. The molecule has 1 heterocycles. The molecule has 25 heavy (non-hydrogen) atoms. The maximum Gasteiger partial charge on any atom is 0.308 e. The fourth-order valence-electron chi connectivity index (χ4n) is 4.50. The summed E-state index contributed by atoms with van der Waals surface area (Å²) >= 11 is 0. The highest BCUT2D eigenvalue weighted by molar-refractivity contribution is 5.72. The molecule has 0 fully saturated rings. The van der Waals surface area contributed by atoms with E-state index < -0.39 is 0 Å². The molecule has 0 radical (unpaired) electrons. The predicted molar refractivity (Wildman–Crippen MR) is 95.1 cm³/mol. The molecule has 0 saturated heterocycles. The van der Waals surface area contributed by atoms with Gasteiger partial charge in [-0.2, -0.15) is 0 Å². The number of methoxy groups -OCH3 is 1. The van der Waals surface area contributed by atoms with Gasteiger partial charge in [0.1, 0.15) is 12.2 Å². The Kier molecular flexibility index (Phi) is 4.01. The Bertz CT molecular complexity index is 721. The Morgan fingerprint density at radius 2 is 2.16 bits per heavy atom. The zero-order valence-corrected chi connectivity index (χ0v) is 15.2. The molecule has 1 aromatic rings. The first-order chi connectivity index (χ1) is 12.0. The first-order valence-corrected chi connectivity index (χ1v) is 9.32. The van der Waals surface area contributed by atoms with Gasteiger partial charge in [0.25, 0.3) is 0 Å². The van der Waals surface area contributed by atoms with E-state index in [0.29, 0.717) is 6.42 Å². The Morgan fingerprint density at radius 3 is 2.92 bits per heavy atom. The van der Waals surface area contributed by atoms with Gasteiger partial charge >= 0.3 is 5.97 Å². The van der Waals surface area contributed by atoms with Gasteiger partial charge in [-0.3, -0.25) is 4.79 Å². The number of carbonyl (C=O) groups is 1. The normalized spacial score (nSPS) is 29.4. The predicted octanol–water partition coefficient (Wildman–Crippen LogP) is 3.95. The van der Waals surface area contributed by atoms with E-state index in [2.05, 4.69) is 18.2 Å². The third-order valence-electron chi connectivity index (χ3n) is 5.81. The SMILES string of the molecule is COc1ccc2c3c1O[C@H]1C[C@@H](OC(=O)C(C)C)C=C[C@@]31CCCC2. The van der Waals surface area contributed by atoms with Crippen LogP contribution in [0.5, 0.6) is 11.5 Å². The third kappa shape index (κ3) is 2.54. The third-order valence-corrected chi connectivity index (χ3v) is 5.81. The van der Waals surface area contributed by atoms with Gasteiger partial charge in [0.05, 0.1) is 18.4 Å². The van der Waals surface area contributed by atoms with Crippen molar-refractivity contribution >= 4 is 5.97 Å². The van der Waals surface area contributed by atoms with E-state index in [1.807, 2.05) is 19.9 Å². The summed E-state index contributed by atoms with van der Waals surface area (Å²) in [6.45, 7) is 3.72. The summed E-state index contributed by atoms with van der Waals surface area (Å²) in [7, 11) is 1.69. The van der Waals surface area contributed by atoms with Gasteiger partial charge in [0, 0.05) is 12.0 Å². The second kappa shape index (κ2) is 6.08. The van der Waals surface area contributed by atoms with Gasteiger partial charge in [0.15, 0.2) is 11.5 Å². The van der Waals surface area contributed by atoms with Crippen LogP contribution in [-0.2, 0) is 21.4 Å². The maximum absolute atomic E-state index is 12.0. The fourth-order valence-corrected chi connectivity index (χ4v) is 4.50. The lowest BCUT2D eigenvalue weighted by atomic mass is 9.69. The van der Waals surface area contributed by atoms with Crippen molar-refractivity contribution in [2.75, 3.05) is 7.11 Å². The van der Waals surface area contributed by atoms with Gasteiger partial charge in [-0.05, 0) is 37.0 Å². The minimum absolute atomic E-state index is 0.00520. The Labute approximate surface area is 149 Å². The van der Waals surface area contributed by atoms with Crippen molar-refractivity contribution in [2.24, 2.45) is 5.92 Å². The monoisotopic (exact) mass is 342 g/mol. The molecule has 3 atom stereocenters. The number of rotatable bonds is 3. The minimum Gasteiger partial charge on any atom is -0.493 e. The van der Waals surface area contributed by atoms with Crippen molar-refractivity contribution in [2.45, 2.75) is 63.6 Å². The molecule has 0 amide bonds. The van der Waals surface area contributed by atoms with Crippen LogP contribution in [0.1, 0.15) is 50.7 Å². The zero-order chi connectivity index (χ0) is 17.6. The largest absolute Gasteiger partial charge is 0.493 e. The van der Waals surface area contributed by atoms with E-state index in [9.17, 15) is 4.79 Å². The highest BCUT2D eigenvalue weighted by atomic mass is 16.6. The summed E-state index contributed by atoms with van der Waals surface area (Å²) in [5, 5.41) is 0. The molecular formula is C21H26O4. The molecule has 1 aromatic carbocycles. The second-order valence-corrected chi connectivity index (χ2v) is 7.71. The van der Waals surface area contributed by atoms with Gasteiger partial charge in [0.2, 0.25) is 0 Å². The molecule has 4 heteroatoms. The van der Waals surface area contributed by atoms with Crippen molar-refractivity contribution in [1.29, 1.82) is 0 Å². The van der Waals surface area contributed by atoms with Crippen LogP contribution in [0, 0.1) is 5.92 Å². The lowest BCUT2D eigenvalue weighted by molar-refractivity contribution is -0.152. The first kappa shape index (κ1) is 16.5. The molecule has 0 aromatic heterocycles. The summed E-state index contributed by atoms with van der Waals surface area (Å²) in [5.41, 5.74) is 2.58. The average molecular weight is 342 g/mol. The fraction of sp³-hybridized carbons (Fsp3) is 0.571. The molecule has 4 rings (SSSR count). The Balaban J connectivity index is 1.72. The molecule has 4 nitrogen and oxygen atoms in total. The van der Waals surface area contributed by atoms with Gasteiger partial charge in [-0.1, -0.05) is 32.4 Å². The quantitative estimate of drug-likeness (QED) is 0.616. The van der Waals surface area contributed by atoms with Gasteiger partial charge in [-0.25, -0.2) is 0 Å². The van der Waals surface area contributed by atoms with Crippen LogP contribution in [0.3, 0.4) is 0 Å². The number of ether oxygens (including phenoxy) is 3.